The van der Waals surface area contributed by atoms with Gasteiger partial charge >= 0.3 is 0 Å². The number of aliphatic hydroxyl groups is 1. The van der Waals surface area contributed by atoms with Crippen LogP contribution in [0.2, 0.25) is 0 Å². The van der Waals surface area contributed by atoms with Gasteiger partial charge in [0.2, 0.25) is 0 Å². The van der Waals surface area contributed by atoms with E-state index in [9.17, 15) is 5.11 Å². The highest BCUT2D eigenvalue weighted by Gasteiger charge is 2.45. The minimum Gasteiger partial charge on any atom is -0.393 e. The molecule has 2 aliphatic heterocycles. The van der Waals surface area contributed by atoms with Crippen LogP contribution in [-0.2, 0) is 0 Å². The van der Waals surface area contributed by atoms with Gasteiger partial charge < -0.3 is 5.11 Å². The van der Waals surface area contributed by atoms with Crippen molar-refractivity contribution < 1.29 is 5.11 Å². The summed E-state index contributed by atoms with van der Waals surface area (Å²) in [6, 6.07) is 1.45. The normalized spacial score (nSPS) is 46.1. The quantitative estimate of drug-likeness (QED) is 0.758. The lowest BCUT2D eigenvalue weighted by molar-refractivity contribution is -0.0709. The van der Waals surface area contributed by atoms with E-state index in [2.05, 4.69) is 18.7 Å². The van der Waals surface area contributed by atoms with E-state index in [1.165, 1.54) is 38.6 Å². The van der Waals surface area contributed by atoms with Crippen LogP contribution in [0.3, 0.4) is 0 Å². The minimum absolute atomic E-state index is 0.0477. The van der Waals surface area contributed by atoms with Gasteiger partial charge in [-0.1, -0.05) is 13.8 Å². The second-order valence-electron chi connectivity index (χ2n) is 7.30. The van der Waals surface area contributed by atoms with Gasteiger partial charge in [-0.05, 0) is 56.3 Å². The fourth-order valence-electron chi connectivity index (χ4n) is 4.47. The third-order valence-corrected chi connectivity index (χ3v) is 5.67. The number of piperidine rings is 2. The highest BCUT2D eigenvalue weighted by Crippen LogP contribution is 2.44. The zero-order valence-corrected chi connectivity index (χ0v) is 11.4. The Kier molecular flexibility index (Phi) is 2.99. The summed E-state index contributed by atoms with van der Waals surface area (Å²) in [7, 11) is 0. The molecule has 2 heterocycles. The van der Waals surface area contributed by atoms with Crippen molar-refractivity contribution in [2.24, 2.45) is 11.3 Å². The van der Waals surface area contributed by atoms with Crippen molar-refractivity contribution in [1.29, 1.82) is 0 Å². The smallest absolute Gasteiger partial charge is 0.0555 e. The van der Waals surface area contributed by atoms with Crippen LogP contribution in [-0.4, -0.2) is 34.7 Å². The SMILES string of the molecule is CC1(C)CCC(O)CC1N1CC2CCC1CC2. The molecule has 0 spiro atoms. The molecule has 4 fully saturated rings. The fourth-order valence-corrected chi connectivity index (χ4v) is 4.47. The van der Waals surface area contributed by atoms with Crippen molar-refractivity contribution in [3.8, 4) is 0 Å². The van der Waals surface area contributed by atoms with Gasteiger partial charge in [0.15, 0.2) is 0 Å². The number of aliphatic hydroxyl groups excluding tert-OH is 1. The molecule has 2 heteroatoms. The molecule has 98 valence electrons. The Hall–Kier alpha value is -0.0800. The van der Waals surface area contributed by atoms with Crippen molar-refractivity contribution >= 4 is 0 Å². The van der Waals surface area contributed by atoms with E-state index in [0.717, 1.165) is 24.8 Å². The zero-order valence-electron chi connectivity index (χ0n) is 11.4. The van der Waals surface area contributed by atoms with Gasteiger partial charge in [0, 0.05) is 18.6 Å². The summed E-state index contributed by atoms with van der Waals surface area (Å²) in [5.74, 6) is 0.954. The number of nitrogens with zero attached hydrogens (tertiary/aromatic N) is 1. The summed E-state index contributed by atoms with van der Waals surface area (Å²) in [6.45, 7) is 6.13. The van der Waals surface area contributed by atoms with Gasteiger partial charge in [-0.25, -0.2) is 0 Å². The predicted molar refractivity (Wildman–Crippen MR) is 69.9 cm³/mol. The van der Waals surface area contributed by atoms with Gasteiger partial charge in [-0.2, -0.15) is 0 Å². The molecule has 0 aromatic rings. The average molecular weight is 237 g/mol. The minimum atomic E-state index is -0.0477. The lowest BCUT2D eigenvalue weighted by Gasteiger charge is -2.55. The number of hydrogen-bond donors (Lipinski definition) is 1. The highest BCUT2D eigenvalue weighted by atomic mass is 16.3. The van der Waals surface area contributed by atoms with E-state index in [4.69, 9.17) is 0 Å². The Balaban J connectivity index is 1.77. The molecule has 17 heavy (non-hydrogen) atoms. The van der Waals surface area contributed by atoms with Crippen LogP contribution in [0.15, 0.2) is 0 Å². The Morgan fingerprint density at radius 1 is 1.06 bits per heavy atom. The summed E-state index contributed by atoms with van der Waals surface area (Å²) < 4.78 is 0. The number of fused-ring (bicyclic) bond motifs is 3. The molecule has 0 radical (unpaired) electrons. The molecule has 2 aliphatic carbocycles. The molecule has 2 saturated carbocycles. The van der Waals surface area contributed by atoms with Gasteiger partial charge in [-0.15, -0.1) is 0 Å². The van der Waals surface area contributed by atoms with Crippen molar-refractivity contribution in [3.63, 3.8) is 0 Å². The average Bonchev–Trinajstić information content (AvgIpc) is 2.34. The van der Waals surface area contributed by atoms with Crippen LogP contribution in [0, 0.1) is 11.3 Å². The molecule has 1 N–H and O–H groups in total. The molecule has 0 amide bonds. The molecule has 2 saturated heterocycles. The lowest BCUT2D eigenvalue weighted by atomic mass is 9.68. The van der Waals surface area contributed by atoms with Crippen molar-refractivity contribution in [2.45, 2.75) is 77.0 Å². The molecule has 4 rings (SSSR count). The third-order valence-electron chi connectivity index (χ3n) is 5.67. The van der Waals surface area contributed by atoms with Crippen LogP contribution in [0.25, 0.3) is 0 Å². The first-order valence-corrected chi connectivity index (χ1v) is 7.50. The third kappa shape index (κ3) is 2.15. The largest absolute Gasteiger partial charge is 0.393 e. The van der Waals surface area contributed by atoms with Gasteiger partial charge in [0.1, 0.15) is 0 Å². The first kappa shape index (κ1) is 12.0. The summed E-state index contributed by atoms with van der Waals surface area (Å²) in [5.41, 5.74) is 0.400. The molecule has 2 bridgehead atoms. The first-order chi connectivity index (χ1) is 8.06. The molecular weight excluding hydrogens is 210 g/mol. The lowest BCUT2D eigenvalue weighted by Crippen LogP contribution is -2.59. The molecular formula is C15H27NO. The summed E-state index contributed by atoms with van der Waals surface area (Å²) in [4.78, 5) is 2.78. The summed E-state index contributed by atoms with van der Waals surface area (Å²) in [5, 5.41) is 9.99. The van der Waals surface area contributed by atoms with E-state index in [1.807, 2.05) is 0 Å². The zero-order chi connectivity index (χ0) is 12.0. The first-order valence-electron chi connectivity index (χ1n) is 7.50. The standard InChI is InChI=1S/C15H27NO/c1-15(2)8-7-13(17)9-14(15)16-10-11-3-5-12(16)6-4-11/h11-14,17H,3-10H2,1-2H3. The molecule has 0 aromatic heterocycles. The van der Waals surface area contributed by atoms with Crippen LogP contribution in [0.5, 0.6) is 0 Å². The van der Waals surface area contributed by atoms with Gasteiger partial charge in [0.05, 0.1) is 6.10 Å². The monoisotopic (exact) mass is 237 g/mol. The van der Waals surface area contributed by atoms with Crippen LogP contribution < -0.4 is 0 Å². The molecule has 0 aromatic carbocycles. The van der Waals surface area contributed by atoms with Crippen molar-refractivity contribution in [1.82, 2.24) is 4.90 Å². The molecule has 2 unspecified atom stereocenters. The number of hydrogen-bond acceptors (Lipinski definition) is 2. The Morgan fingerprint density at radius 2 is 1.76 bits per heavy atom. The van der Waals surface area contributed by atoms with Crippen molar-refractivity contribution in [2.75, 3.05) is 6.54 Å². The fraction of sp³-hybridized carbons (Fsp3) is 1.00. The van der Waals surface area contributed by atoms with Crippen LogP contribution in [0.1, 0.15) is 58.8 Å². The van der Waals surface area contributed by atoms with E-state index < -0.39 is 0 Å². The summed E-state index contributed by atoms with van der Waals surface area (Å²) in [6.07, 6.45) is 8.89. The maximum Gasteiger partial charge on any atom is 0.0555 e. The maximum atomic E-state index is 9.99. The second kappa shape index (κ2) is 4.24. The van der Waals surface area contributed by atoms with Crippen LogP contribution >= 0.6 is 0 Å². The molecule has 2 atom stereocenters. The van der Waals surface area contributed by atoms with E-state index in [-0.39, 0.29) is 6.10 Å². The molecule has 2 nitrogen and oxygen atoms in total. The Morgan fingerprint density at radius 3 is 2.35 bits per heavy atom. The molecule has 4 aliphatic rings. The predicted octanol–water partition coefficient (Wildman–Crippen LogP) is 2.80. The van der Waals surface area contributed by atoms with Gasteiger partial charge in [0.25, 0.3) is 0 Å². The van der Waals surface area contributed by atoms with Gasteiger partial charge in [-0.3, -0.25) is 4.90 Å². The second-order valence-corrected chi connectivity index (χ2v) is 7.30. The Bertz CT molecular complexity index is 281. The van der Waals surface area contributed by atoms with E-state index in [0.29, 0.717) is 11.5 Å². The maximum absolute atomic E-state index is 9.99. The van der Waals surface area contributed by atoms with E-state index in [1.54, 1.807) is 0 Å². The Labute approximate surface area is 105 Å². The highest BCUT2D eigenvalue weighted by molar-refractivity contribution is 4.99. The summed E-state index contributed by atoms with van der Waals surface area (Å²) >= 11 is 0. The van der Waals surface area contributed by atoms with Crippen LogP contribution in [0.4, 0.5) is 0 Å². The van der Waals surface area contributed by atoms with E-state index >= 15 is 0 Å². The van der Waals surface area contributed by atoms with Crippen molar-refractivity contribution in [3.05, 3.63) is 0 Å². The number of rotatable bonds is 1. The topological polar surface area (TPSA) is 23.5 Å².